The van der Waals surface area contributed by atoms with Crippen molar-refractivity contribution < 1.29 is 14.2 Å². The summed E-state index contributed by atoms with van der Waals surface area (Å²) in [6.45, 7) is 7.10. The van der Waals surface area contributed by atoms with Gasteiger partial charge in [0.2, 0.25) is 5.95 Å². The third kappa shape index (κ3) is 5.11. The first-order valence-electron chi connectivity index (χ1n) is 5.75. The molecule has 102 valence electrons. The summed E-state index contributed by atoms with van der Waals surface area (Å²) < 4.78 is 15.8. The van der Waals surface area contributed by atoms with Gasteiger partial charge in [-0.15, -0.1) is 4.98 Å². The fraction of sp³-hybridized carbons (Fsp3) is 0.700. The minimum atomic E-state index is -0.0469. The SMILES string of the molecule is CCOCCOc1nc(NN)nc(OC(C)C)n1. The fourth-order valence-corrected chi connectivity index (χ4v) is 1.07. The zero-order valence-electron chi connectivity index (χ0n) is 10.8. The van der Waals surface area contributed by atoms with Crippen LogP contribution in [0.3, 0.4) is 0 Å². The molecule has 0 radical (unpaired) electrons. The van der Waals surface area contributed by atoms with Gasteiger partial charge in [-0.3, -0.25) is 5.43 Å². The summed E-state index contributed by atoms with van der Waals surface area (Å²) in [6.07, 6.45) is -0.0469. The molecule has 0 spiro atoms. The second-order valence-electron chi connectivity index (χ2n) is 3.58. The summed E-state index contributed by atoms with van der Waals surface area (Å²) in [6, 6.07) is 0.313. The Morgan fingerprint density at radius 3 is 2.50 bits per heavy atom. The van der Waals surface area contributed by atoms with Gasteiger partial charge in [0.05, 0.1) is 12.7 Å². The minimum absolute atomic E-state index is 0.0469. The first kappa shape index (κ1) is 14.4. The molecular weight excluding hydrogens is 238 g/mol. The Morgan fingerprint density at radius 1 is 1.17 bits per heavy atom. The van der Waals surface area contributed by atoms with Crippen LogP contribution in [0.15, 0.2) is 0 Å². The van der Waals surface area contributed by atoms with Crippen LogP contribution in [0.25, 0.3) is 0 Å². The van der Waals surface area contributed by atoms with E-state index in [1.165, 1.54) is 0 Å². The second-order valence-corrected chi connectivity index (χ2v) is 3.58. The highest BCUT2D eigenvalue weighted by Crippen LogP contribution is 2.13. The van der Waals surface area contributed by atoms with Crippen molar-refractivity contribution in [1.82, 2.24) is 15.0 Å². The summed E-state index contributed by atoms with van der Waals surface area (Å²) in [4.78, 5) is 11.9. The highest BCUT2D eigenvalue weighted by atomic mass is 16.5. The number of anilines is 1. The molecule has 0 fully saturated rings. The molecule has 0 unspecified atom stereocenters. The average Bonchev–Trinajstić information content (AvgIpc) is 2.33. The van der Waals surface area contributed by atoms with Gasteiger partial charge < -0.3 is 14.2 Å². The number of hydrogen-bond acceptors (Lipinski definition) is 8. The first-order valence-corrected chi connectivity index (χ1v) is 5.75. The van der Waals surface area contributed by atoms with Crippen LogP contribution < -0.4 is 20.7 Å². The zero-order chi connectivity index (χ0) is 13.4. The molecule has 0 aliphatic rings. The molecule has 0 bridgehead atoms. The van der Waals surface area contributed by atoms with E-state index in [-0.39, 0.29) is 24.1 Å². The molecule has 1 aromatic heterocycles. The van der Waals surface area contributed by atoms with Gasteiger partial charge in [-0.05, 0) is 20.8 Å². The number of nitrogens with zero attached hydrogens (tertiary/aromatic N) is 3. The van der Waals surface area contributed by atoms with Crippen molar-refractivity contribution in [3.8, 4) is 12.0 Å². The maximum atomic E-state index is 5.36. The second kappa shape index (κ2) is 7.62. The van der Waals surface area contributed by atoms with Crippen LogP contribution in [0.2, 0.25) is 0 Å². The lowest BCUT2D eigenvalue weighted by Crippen LogP contribution is -2.16. The Labute approximate surface area is 106 Å². The number of nitrogen functional groups attached to an aromatic ring is 1. The standard InChI is InChI=1S/C10H19N5O3/c1-4-16-5-6-17-9-12-8(15-11)13-10(14-9)18-7(2)3/h7H,4-6,11H2,1-3H3,(H,12,13,14,15). The average molecular weight is 257 g/mol. The molecule has 1 aromatic rings. The lowest BCUT2D eigenvalue weighted by Gasteiger charge is -2.10. The van der Waals surface area contributed by atoms with E-state index in [9.17, 15) is 0 Å². The number of hydrogen-bond donors (Lipinski definition) is 2. The van der Waals surface area contributed by atoms with E-state index in [1.54, 1.807) is 0 Å². The smallest absolute Gasteiger partial charge is 0.324 e. The number of nitrogens with one attached hydrogen (secondary N) is 1. The molecule has 0 aliphatic carbocycles. The zero-order valence-corrected chi connectivity index (χ0v) is 10.8. The molecule has 0 aromatic carbocycles. The number of nitrogens with two attached hydrogens (primary N) is 1. The Balaban J connectivity index is 2.64. The highest BCUT2D eigenvalue weighted by molar-refractivity contribution is 5.25. The Bertz CT molecular complexity index is 361. The molecule has 0 saturated carbocycles. The molecule has 3 N–H and O–H groups in total. The molecule has 0 amide bonds. The summed E-state index contributed by atoms with van der Waals surface area (Å²) in [5.41, 5.74) is 2.33. The van der Waals surface area contributed by atoms with Crippen LogP contribution in [0.4, 0.5) is 5.95 Å². The van der Waals surface area contributed by atoms with Gasteiger partial charge in [-0.25, -0.2) is 5.84 Å². The molecule has 1 heterocycles. The van der Waals surface area contributed by atoms with E-state index in [4.69, 9.17) is 20.1 Å². The van der Waals surface area contributed by atoms with E-state index in [0.717, 1.165) is 0 Å². The van der Waals surface area contributed by atoms with Crippen molar-refractivity contribution in [2.45, 2.75) is 26.9 Å². The summed E-state index contributed by atoms with van der Waals surface area (Å²) >= 11 is 0. The Kier molecular flexibility index (Phi) is 6.09. The maximum absolute atomic E-state index is 5.36. The van der Waals surface area contributed by atoms with Gasteiger partial charge >= 0.3 is 12.0 Å². The van der Waals surface area contributed by atoms with Crippen molar-refractivity contribution >= 4 is 5.95 Å². The first-order chi connectivity index (χ1) is 8.65. The van der Waals surface area contributed by atoms with Gasteiger partial charge in [-0.2, -0.15) is 9.97 Å². The molecule has 8 heteroatoms. The number of rotatable bonds is 8. The van der Waals surface area contributed by atoms with Gasteiger partial charge in [0.25, 0.3) is 0 Å². The van der Waals surface area contributed by atoms with E-state index in [2.05, 4.69) is 20.4 Å². The van der Waals surface area contributed by atoms with Crippen LogP contribution in [0.1, 0.15) is 20.8 Å². The van der Waals surface area contributed by atoms with Gasteiger partial charge in [0, 0.05) is 6.61 Å². The number of aromatic nitrogens is 3. The van der Waals surface area contributed by atoms with E-state index >= 15 is 0 Å². The van der Waals surface area contributed by atoms with E-state index in [1.807, 2.05) is 20.8 Å². The predicted molar refractivity (Wildman–Crippen MR) is 65.4 cm³/mol. The Hall–Kier alpha value is -1.67. The summed E-state index contributed by atoms with van der Waals surface area (Å²) in [5.74, 6) is 5.44. The van der Waals surface area contributed by atoms with Crippen molar-refractivity contribution in [1.29, 1.82) is 0 Å². The molecular formula is C10H19N5O3. The molecule has 0 atom stereocenters. The maximum Gasteiger partial charge on any atom is 0.324 e. The van der Waals surface area contributed by atoms with Crippen molar-refractivity contribution in [3.05, 3.63) is 0 Å². The van der Waals surface area contributed by atoms with Crippen molar-refractivity contribution in [2.75, 3.05) is 25.2 Å². The van der Waals surface area contributed by atoms with Crippen molar-refractivity contribution in [2.24, 2.45) is 5.84 Å². The van der Waals surface area contributed by atoms with Gasteiger partial charge in [-0.1, -0.05) is 0 Å². The predicted octanol–water partition coefficient (Wildman–Crippen LogP) is 0.360. The van der Waals surface area contributed by atoms with Gasteiger partial charge in [0.15, 0.2) is 0 Å². The van der Waals surface area contributed by atoms with Crippen molar-refractivity contribution in [3.63, 3.8) is 0 Å². The lowest BCUT2D eigenvalue weighted by atomic mass is 10.5. The van der Waals surface area contributed by atoms with Crippen LogP contribution >= 0.6 is 0 Å². The van der Waals surface area contributed by atoms with Crippen LogP contribution in [-0.4, -0.2) is 40.9 Å². The third-order valence-corrected chi connectivity index (χ3v) is 1.73. The lowest BCUT2D eigenvalue weighted by molar-refractivity contribution is 0.105. The minimum Gasteiger partial charge on any atom is -0.461 e. The number of ether oxygens (including phenoxy) is 3. The van der Waals surface area contributed by atoms with Crippen LogP contribution in [0, 0.1) is 0 Å². The normalized spacial score (nSPS) is 10.5. The van der Waals surface area contributed by atoms with Gasteiger partial charge in [0.1, 0.15) is 6.61 Å². The van der Waals surface area contributed by atoms with E-state index < -0.39 is 0 Å². The molecule has 8 nitrogen and oxygen atoms in total. The molecule has 18 heavy (non-hydrogen) atoms. The molecule has 0 saturated heterocycles. The third-order valence-electron chi connectivity index (χ3n) is 1.73. The van der Waals surface area contributed by atoms with Crippen LogP contribution in [-0.2, 0) is 4.74 Å². The Morgan fingerprint density at radius 2 is 1.89 bits per heavy atom. The monoisotopic (exact) mass is 257 g/mol. The summed E-state index contributed by atoms with van der Waals surface area (Å²) in [7, 11) is 0. The molecule has 0 aliphatic heterocycles. The fourth-order valence-electron chi connectivity index (χ4n) is 1.07. The number of hydrazine groups is 1. The van der Waals surface area contributed by atoms with Crippen LogP contribution in [0.5, 0.6) is 12.0 Å². The highest BCUT2D eigenvalue weighted by Gasteiger charge is 2.09. The summed E-state index contributed by atoms with van der Waals surface area (Å²) in [5, 5.41) is 0. The topological polar surface area (TPSA) is 104 Å². The largest absolute Gasteiger partial charge is 0.461 e. The molecule has 1 rings (SSSR count). The quantitative estimate of drug-likeness (QED) is 0.391. The van der Waals surface area contributed by atoms with E-state index in [0.29, 0.717) is 19.8 Å².